The van der Waals surface area contributed by atoms with Gasteiger partial charge in [0.05, 0.1) is 11.0 Å². The van der Waals surface area contributed by atoms with Gasteiger partial charge in [-0.2, -0.15) is 4.40 Å². The Labute approximate surface area is 86.0 Å². The summed E-state index contributed by atoms with van der Waals surface area (Å²) in [6.45, 7) is 7.41. The molecule has 0 aliphatic carbocycles. The third-order valence-corrected chi connectivity index (χ3v) is 2.80. The van der Waals surface area contributed by atoms with Gasteiger partial charge in [-0.05, 0) is 27.7 Å². The summed E-state index contributed by atoms with van der Waals surface area (Å²) in [5, 5.41) is 3.71. The molecule has 0 N–H and O–H groups in total. The fourth-order valence-electron chi connectivity index (χ4n) is 0.706. The van der Waals surface area contributed by atoms with Crippen molar-refractivity contribution in [2.45, 2.75) is 32.4 Å². The molecule has 1 rings (SSSR count). The molecule has 0 aliphatic rings. The maximum atomic E-state index is 11.5. The predicted octanol–water partition coefficient (Wildman–Crippen LogP) is 1.86. The molecule has 0 amide bonds. The van der Waals surface area contributed by atoms with Crippen molar-refractivity contribution in [1.29, 1.82) is 0 Å². The van der Waals surface area contributed by atoms with Crippen LogP contribution in [0.25, 0.3) is 0 Å². The summed E-state index contributed by atoms with van der Waals surface area (Å²) in [7, 11) is -1.24. The summed E-state index contributed by atoms with van der Waals surface area (Å²) in [4.78, 5) is 0. The Morgan fingerprint density at radius 2 is 2.21 bits per heavy atom. The second-order valence-electron chi connectivity index (χ2n) is 3.96. The SMILES string of the molecule is Cc1cc(/C=N/S(=O)C(C)(C)C)no1. The first kappa shape index (κ1) is 11.1. The molecule has 0 saturated carbocycles. The van der Waals surface area contributed by atoms with E-state index in [0.29, 0.717) is 11.5 Å². The van der Waals surface area contributed by atoms with Gasteiger partial charge in [-0.15, -0.1) is 0 Å². The number of nitrogens with zero attached hydrogens (tertiary/aromatic N) is 2. The summed E-state index contributed by atoms with van der Waals surface area (Å²) in [6, 6.07) is 1.74. The lowest BCUT2D eigenvalue weighted by molar-refractivity contribution is 0.396. The van der Waals surface area contributed by atoms with Gasteiger partial charge in [-0.3, -0.25) is 0 Å². The normalized spacial score (nSPS) is 14.9. The summed E-state index contributed by atoms with van der Waals surface area (Å²) >= 11 is 0. The molecule has 1 heterocycles. The van der Waals surface area contributed by atoms with E-state index in [1.54, 1.807) is 13.0 Å². The molecule has 5 heteroatoms. The van der Waals surface area contributed by atoms with E-state index in [2.05, 4.69) is 9.55 Å². The van der Waals surface area contributed by atoms with Crippen LogP contribution in [0.15, 0.2) is 15.0 Å². The van der Waals surface area contributed by atoms with E-state index in [0.717, 1.165) is 0 Å². The third-order valence-electron chi connectivity index (χ3n) is 1.45. The smallest absolute Gasteiger partial charge is 0.144 e. The molecule has 1 unspecified atom stereocenters. The first-order chi connectivity index (χ1) is 6.39. The lowest BCUT2D eigenvalue weighted by Gasteiger charge is -2.12. The lowest BCUT2D eigenvalue weighted by atomic mass is 10.3. The Morgan fingerprint density at radius 1 is 1.57 bits per heavy atom. The van der Waals surface area contributed by atoms with Crippen molar-refractivity contribution in [3.63, 3.8) is 0 Å². The van der Waals surface area contributed by atoms with Crippen LogP contribution in [0.2, 0.25) is 0 Å². The number of aryl methyl sites for hydroxylation is 1. The highest BCUT2D eigenvalue weighted by atomic mass is 32.2. The molecule has 78 valence electrons. The molecule has 1 aromatic heterocycles. The summed E-state index contributed by atoms with van der Waals surface area (Å²) in [5.41, 5.74) is 0.597. The molecule has 0 bridgehead atoms. The van der Waals surface area contributed by atoms with Crippen LogP contribution < -0.4 is 0 Å². The molecule has 4 nitrogen and oxygen atoms in total. The van der Waals surface area contributed by atoms with Gasteiger partial charge in [-0.1, -0.05) is 5.16 Å². The highest BCUT2D eigenvalue weighted by molar-refractivity contribution is 7.85. The molecule has 0 saturated heterocycles. The van der Waals surface area contributed by atoms with Crippen LogP contribution in [0.4, 0.5) is 0 Å². The van der Waals surface area contributed by atoms with Gasteiger partial charge in [0.1, 0.15) is 22.4 Å². The topological polar surface area (TPSA) is 55.5 Å². The maximum absolute atomic E-state index is 11.5. The van der Waals surface area contributed by atoms with Crippen molar-refractivity contribution >= 4 is 17.2 Å². The van der Waals surface area contributed by atoms with E-state index in [-0.39, 0.29) is 4.75 Å². The first-order valence-corrected chi connectivity index (χ1v) is 5.39. The fourth-order valence-corrected chi connectivity index (χ4v) is 1.23. The Kier molecular flexibility index (Phi) is 3.21. The molecule has 0 aliphatic heterocycles. The Morgan fingerprint density at radius 3 is 2.64 bits per heavy atom. The Hall–Kier alpha value is -0.970. The predicted molar refractivity (Wildman–Crippen MR) is 56.7 cm³/mol. The van der Waals surface area contributed by atoms with Crippen molar-refractivity contribution in [3.05, 3.63) is 17.5 Å². The van der Waals surface area contributed by atoms with Gasteiger partial charge < -0.3 is 4.52 Å². The summed E-state index contributed by atoms with van der Waals surface area (Å²) in [5.74, 6) is 0.716. The Balaban J connectivity index is 2.70. The van der Waals surface area contributed by atoms with E-state index in [1.165, 1.54) is 6.21 Å². The summed E-state index contributed by atoms with van der Waals surface area (Å²) < 4.78 is 19.9. The monoisotopic (exact) mass is 214 g/mol. The molecular weight excluding hydrogens is 200 g/mol. The Bertz CT molecular complexity index is 363. The highest BCUT2D eigenvalue weighted by Gasteiger charge is 2.18. The second-order valence-corrected chi connectivity index (χ2v) is 5.89. The zero-order chi connectivity index (χ0) is 10.8. The lowest BCUT2D eigenvalue weighted by Crippen LogP contribution is -2.19. The van der Waals surface area contributed by atoms with Crippen molar-refractivity contribution in [2.75, 3.05) is 0 Å². The van der Waals surface area contributed by atoms with Gasteiger partial charge in [0.25, 0.3) is 0 Å². The third kappa shape index (κ3) is 3.06. The average molecular weight is 214 g/mol. The summed E-state index contributed by atoms with van der Waals surface area (Å²) in [6.07, 6.45) is 1.47. The molecule has 0 aromatic carbocycles. The molecule has 0 spiro atoms. The minimum Gasteiger partial charge on any atom is -0.361 e. The molecule has 0 fully saturated rings. The van der Waals surface area contributed by atoms with E-state index in [1.807, 2.05) is 20.8 Å². The largest absolute Gasteiger partial charge is 0.361 e. The van der Waals surface area contributed by atoms with Crippen LogP contribution in [0, 0.1) is 6.92 Å². The van der Waals surface area contributed by atoms with Crippen LogP contribution >= 0.6 is 0 Å². The van der Waals surface area contributed by atoms with Gasteiger partial charge in [0, 0.05) is 6.07 Å². The van der Waals surface area contributed by atoms with E-state index < -0.39 is 11.0 Å². The first-order valence-electron chi connectivity index (χ1n) is 4.29. The van der Waals surface area contributed by atoms with Crippen molar-refractivity contribution < 1.29 is 8.73 Å². The number of aromatic nitrogens is 1. The van der Waals surface area contributed by atoms with Crippen LogP contribution in [0.5, 0.6) is 0 Å². The minimum absolute atomic E-state index is 0.338. The fraction of sp³-hybridized carbons (Fsp3) is 0.556. The van der Waals surface area contributed by atoms with Crippen LogP contribution in [-0.4, -0.2) is 20.3 Å². The number of rotatable bonds is 2. The molecule has 0 radical (unpaired) electrons. The van der Waals surface area contributed by atoms with Gasteiger partial charge >= 0.3 is 0 Å². The van der Waals surface area contributed by atoms with Crippen LogP contribution in [-0.2, 0) is 11.0 Å². The van der Waals surface area contributed by atoms with E-state index >= 15 is 0 Å². The molecular formula is C9H14N2O2S. The molecule has 14 heavy (non-hydrogen) atoms. The van der Waals surface area contributed by atoms with Gasteiger partial charge in [-0.25, -0.2) is 4.21 Å². The standard InChI is InChI=1S/C9H14N2O2S/c1-7-5-8(11-13-7)6-10-14(12)9(2,3)4/h5-6H,1-4H3/b10-6+. The van der Waals surface area contributed by atoms with Crippen LogP contribution in [0.3, 0.4) is 0 Å². The van der Waals surface area contributed by atoms with Gasteiger partial charge in [0.2, 0.25) is 0 Å². The van der Waals surface area contributed by atoms with Crippen molar-refractivity contribution in [1.82, 2.24) is 5.16 Å². The number of hydrogen-bond donors (Lipinski definition) is 0. The molecule has 1 atom stereocenters. The van der Waals surface area contributed by atoms with E-state index in [4.69, 9.17) is 4.52 Å². The number of hydrogen-bond acceptors (Lipinski definition) is 3. The second kappa shape index (κ2) is 4.04. The quantitative estimate of drug-likeness (QED) is 0.706. The highest BCUT2D eigenvalue weighted by Crippen LogP contribution is 2.12. The average Bonchev–Trinajstić information content (AvgIpc) is 2.45. The zero-order valence-electron chi connectivity index (χ0n) is 8.77. The van der Waals surface area contributed by atoms with Crippen molar-refractivity contribution in [2.24, 2.45) is 4.40 Å². The van der Waals surface area contributed by atoms with Crippen molar-refractivity contribution in [3.8, 4) is 0 Å². The van der Waals surface area contributed by atoms with Gasteiger partial charge in [0.15, 0.2) is 0 Å². The van der Waals surface area contributed by atoms with E-state index in [9.17, 15) is 4.21 Å². The zero-order valence-corrected chi connectivity index (χ0v) is 9.59. The molecule has 1 aromatic rings. The minimum atomic E-state index is -1.24. The van der Waals surface area contributed by atoms with Crippen LogP contribution in [0.1, 0.15) is 32.2 Å². The maximum Gasteiger partial charge on any atom is 0.144 e.